The number of benzene rings is 2. The van der Waals surface area contributed by atoms with Gasteiger partial charge in [-0.25, -0.2) is 14.5 Å². The molecule has 0 radical (unpaired) electrons. The molecule has 42 heavy (non-hydrogen) atoms. The number of nitrogens with one attached hydrogen (secondary N) is 2. The minimum atomic E-state index is -4.59. The summed E-state index contributed by atoms with van der Waals surface area (Å²) in [6.45, 7) is 2.96. The Morgan fingerprint density at radius 1 is 1.07 bits per heavy atom. The average molecular weight is 603 g/mol. The molecule has 0 aliphatic rings. The molecule has 0 bridgehead atoms. The standard InChI is InChI=1S/C27H29F3N8O3S/c1-16-6-7-17(10-22(16)38-15-21(34-35-38)23-14-31-25(42-23)33-26(40)41-5)24(39)32-19-11-18(27(28,29)30)12-20(13-19)37(4)9-8-36(2)3/h6-7,10-15H,8-9H2,1-5H3,(H,32,39)(H,31,33,40). The van der Waals surface area contributed by atoms with Crippen LogP contribution in [-0.2, 0) is 10.9 Å². The number of thiazole rings is 1. The van der Waals surface area contributed by atoms with E-state index in [1.54, 1.807) is 36.3 Å². The van der Waals surface area contributed by atoms with E-state index >= 15 is 0 Å². The van der Waals surface area contributed by atoms with Gasteiger partial charge in [0.1, 0.15) is 5.69 Å². The van der Waals surface area contributed by atoms with Crippen LogP contribution in [-0.4, -0.2) is 78.2 Å². The zero-order valence-electron chi connectivity index (χ0n) is 23.5. The van der Waals surface area contributed by atoms with Crippen molar-refractivity contribution in [3.63, 3.8) is 0 Å². The van der Waals surface area contributed by atoms with Crippen LogP contribution in [0.4, 0.5) is 34.5 Å². The molecule has 2 aromatic heterocycles. The van der Waals surface area contributed by atoms with Crippen molar-refractivity contribution in [1.29, 1.82) is 0 Å². The first-order chi connectivity index (χ1) is 19.8. The summed E-state index contributed by atoms with van der Waals surface area (Å²) in [5, 5.41) is 13.7. The summed E-state index contributed by atoms with van der Waals surface area (Å²) in [6.07, 6.45) is -2.07. The normalized spacial score (nSPS) is 11.5. The van der Waals surface area contributed by atoms with E-state index in [1.807, 2.05) is 25.9 Å². The number of hydrogen-bond acceptors (Lipinski definition) is 9. The third-order valence-electron chi connectivity index (χ3n) is 6.19. The van der Waals surface area contributed by atoms with Gasteiger partial charge in [0, 0.05) is 43.3 Å². The molecule has 4 rings (SSSR count). The lowest BCUT2D eigenvalue weighted by atomic mass is 10.1. The predicted molar refractivity (Wildman–Crippen MR) is 154 cm³/mol. The van der Waals surface area contributed by atoms with Gasteiger partial charge in [-0.1, -0.05) is 22.6 Å². The fourth-order valence-electron chi connectivity index (χ4n) is 3.83. The highest BCUT2D eigenvalue weighted by molar-refractivity contribution is 7.19. The van der Waals surface area contributed by atoms with E-state index in [2.05, 4.69) is 30.7 Å². The number of carbonyl (C=O) groups excluding carboxylic acids is 2. The van der Waals surface area contributed by atoms with Crippen molar-refractivity contribution in [2.45, 2.75) is 13.1 Å². The van der Waals surface area contributed by atoms with Crippen molar-refractivity contribution in [1.82, 2.24) is 24.9 Å². The van der Waals surface area contributed by atoms with Gasteiger partial charge < -0.3 is 19.9 Å². The first kappa shape index (κ1) is 30.5. The Morgan fingerprint density at radius 2 is 1.83 bits per heavy atom. The van der Waals surface area contributed by atoms with Gasteiger partial charge in [0.25, 0.3) is 5.91 Å². The third kappa shape index (κ3) is 7.41. The topological polar surface area (TPSA) is 118 Å². The molecule has 2 N–H and O–H groups in total. The highest BCUT2D eigenvalue weighted by Gasteiger charge is 2.32. The van der Waals surface area contributed by atoms with Crippen LogP contribution in [0.25, 0.3) is 16.3 Å². The third-order valence-corrected chi connectivity index (χ3v) is 7.13. The first-order valence-corrected chi connectivity index (χ1v) is 13.4. The SMILES string of the molecule is COC(=O)Nc1ncc(-c2cn(-c3cc(C(=O)Nc4cc(N(C)CCN(C)C)cc(C(F)(F)F)c4)ccc3C)nn2)s1. The summed E-state index contributed by atoms with van der Waals surface area (Å²) in [7, 11) is 6.70. The van der Waals surface area contributed by atoms with Gasteiger partial charge in [-0.15, -0.1) is 5.10 Å². The van der Waals surface area contributed by atoms with E-state index in [0.29, 0.717) is 40.2 Å². The molecule has 4 aromatic rings. The number of aryl methyl sites for hydroxylation is 1. The predicted octanol–water partition coefficient (Wildman–Crippen LogP) is 5.15. The molecule has 2 heterocycles. The molecule has 0 spiro atoms. The van der Waals surface area contributed by atoms with Crippen molar-refractivity contribution in [3.05, 3.63) is 65.5 Å². The van der Waals surface area contributed by atoms with E-state index in [0.717, 1.165) is 17.7 Å². The van der Waals surface area contributed by atoms with Gasteiger partial charge in [-0.2, -0.15) is 13.2 Å². The number of rotatable bonds is 9. The lowest BCUT2D eigenvalue weighted by Gasteiger charge is -2.23. The molecular weight excluding hydrogens is 573 g/mol. The Morgan fingerprint density at radius 3 is 2.52 bits per heavy atom. The number of carbonyl (C=O) groups is 2. The van der Waals surface area contributed by atoms with Crippen molar-refractivity contribution in [2.24, 2.45) is 0 Å². The van der Waals surface area contributed by atoms with E-state index in [4.69, 9.17) is 0 Å². The van der Waals surface area contributed by atoms with Gasteiger partial charge in [0.05, 0.1) is 29.4 Å². The lowest BCUT2D eigenvalue weighted by Crippen LogP contribution is -2.28. The quantitative estimate of drug-likeness (QED) is 0.270. The minimum Gasteiger partial charge on any atom is -0.453 e. The second-order valence-electron chi connectivity index (χ2n) is 9.64. The number of methoxy groups -OCH3 is 1. The highest BCUT2D eigenvalue weighted by Crippen LogP contribution is 2.35. The average Bonchev–Trinajstić information content (AvgIpc) is 3.61. The molecule has 2 amide bonds. The highest BCUT2D eigenvalue weighted by atomic mass is 32.1. The zero-order chi connectivity index (χ0) is 30.6. The number of hydrogen-bond donors (Lipinski definition) is 2. The Balaban J connectivity index is 1.57. The Labute approximate surface area is 243 Å². The Bertz CT molecular complexity index is 1580. The maximum atomic E-state index is 13.7. The van der Waals surface area contributed by atoms with Crippen LogP contribution in [0.3, 0.4) is 0 Å². The number of aromatic nitrogens is 4. The molecular formula is C27H29F3N8O3S. The number of amides is 2. The summed E-state index contributed by atoms with van der Waals surface area (Å²) in [4.78, 5) is 33.0. The largest absolute Gasteiger partial charge is 0.453 e. The maximum absolute atomic E-state index is 13.7. The fourth-order valence-corrected chi connectivity index (χ4v) is 4.58. The Hall–Kier alpha value is -4.50. The molecule has 222 valence electrons. The molecule has 0 unspecified atom stereocenters. The molecule has 0 atom stereocenters. The molecule has 0 saturated carbocycles. The van der Waals surface area contributed by atoms with Gasteiger partial charge in [-0.05, 0) is 56.9 Å². The number of ether oxygens (including phenoxy) is 1. The number of anilines is 3. The van der Waals surface area contributed by atoms with Crippen molar-refractivity contribution >= 4 is 39.8 Å². The molecule has 0 aliphatic carbocycles. The van der Waals surface area contributed by atoms with Crippen LogP contribution < -0.4 is 15.5 Å². The molecule has 15 heteroatoms. The molecule has 0 fully saturated rings. The van der Waals surface area contributed by atoms with Crippen LogP contribution in [0, 0.1) is 6.92 Å². The van der Waals surface area contributed by atoms with Crippen molar-refractivity contribution < 1.29 is 27.5 Å². The number of nitrogens with zero attached hydrogens (tertiary/aromatic N) is 6. The van der Waals surface area contributed by atoms with Crippen LogP contribution in [0.1, 0.15) is 21.5 Å². The summed E-state index contributed by atoms with van der Waals surface area (Å²) >= 11 is 1.17. The molecule has 11 nitrogen and oxygen atoms in total. The van der Waals surface area contributed by atoms with Crippen LogP contribution >= 0.6 is 11.3 Å². The van der Waals surface area contributed by atoms with Crippen LogP contribution in [0.2, 0.25) is 0 Å². The van der Waals surface area contributed by atoms with E-state index in [-0.39, 0.29) is 11.3 Å². The van der Waals surface area contributed by atoms with Crippen LogP contribution in [0.15, 0.2) is 48.8 Å². The second kappa shape index (κ2) is 12.6. The minimum absolute atomic E-state index is 0.0215. The zero-order valence-corrected chi connectivity index (χ0v) is 24.3. The van der Waals surface area contributed by atoms with Crippen molar-refractivity contribution in [2.75, 3.05) is 56.9 Å². The smallest absolute Gasteiger partial charge is 0.416 e. The van der Waals surface area contributed by atoms with E-state index < -0.39 is 23.7 Å². The molecule has 0 saturated heterocycles. The Kier molecular flexibility index (Phi) is 9.11. The monoisotopic (exact) mass is 602 g/mol. The van der Waals surface area contributed by atoms with E-state index in [9.17, 15) is 22.8 Å². The molecule has 2 aromatic carbocycles. The van der Waals surface area contributed by atoms with Crippen molar-refractivity contribution in [3.8, 4) is 16.3 Å². The van der Waals surface area contributed by atoms with Gasteiger partial charge in [-0.3, -0.25) is 10.1 Å². The summed E-state index contributed by atoms with van der Waals surface area (Å²) < 4.78 is 47.1. The van der Waals surface area contributed by atoms with Gasteiger partial charge in [0.2, 0.25) is 0 Å². The fraction of sp³-hybridized carbons (Fsp3) is 0.296. The summed E-state index contributed by atoms with van der Waals surface area (Å²) in [6, 6.07) is 8.37. The summed E-state index contributed by atoms with van der Waals surface area (Å²) in [5.74, 6) is -0.584. The van der Waals surface area contributed by atoms with Gasteiger partial charge in [0.15, 0.2) is 5.13 Å². The lowest BCUT2D eigenvalue weighted by molar-refractivity contribution is -0.137. The summed E-state index contributed by atoms with van der Waals surface area (Å²) in [5.41, 5.74) is 1.52. The van der Waals surface area contributed by atoms with E-state index in [1.165, 1.54) is 35.4 Å². The number of likely N-dealkylation sites (N-methyl/N-ethyl adjacent to an activating group) is 2. The molecule has 0 aliphatic heterocycles. The second-order valence-corrected chi connectivity index (χ2v) is 10.7. The van der Waals surface area contributed by atoms with Gasteiger partial charge >= 0.3 is 12.3 Å². The maximum Gasteiger partial charge on any atom is 0.416 e. The first-order valence-electron chi connectivity index (χ1n) is 12.6. The van der Waals surface area contributed by atoms with Crippen LogP contribution in [0.5, 0.6) is 0 Å². The number of halogens is 3. The number of alkyl halides is 3.